The van der Waals surface area contributed by atoms with Crippen LogP contribution in [0.2, 0.25) is 6.04 Å². The number of ether oxygens (including phenoxy) is 2. The predicted molar refractivity (Wildman–Crippen MR) is 102 cm³/mol. The highest BCUT2D eigenvalue weighted by Gasteiger charge is 2.34. The van der Waals surface area contributed by atoms with Crippen molar-refractivity contribution in [2.75, 3.05) is 0 Å². The topological polar surface area (TPSA) is 18.5 Å². The van der Waals surface area contributed by atoms with Crippen molar-refractivity contribution < 1.29 is 9.47 Å². The molecule has 1 aliphatic heterocycles. The Kier molecular flexibility index (Phi) is 5.47. The van der Waals surface area contributed by atoms with Gasteiger partial charge in [-0.3, -0.25) is 0 Å². The molecule has 1 aliphatic rings. The second kappa shape index (κ2) is 7.26. The molecule has 0 saturated carbocycles. The van der Waals surface area contributed by atoms with Crippen LogP contribution in [0, 0.1) is 0 Å². The SMILES string of the molecule is CC1(c2ccccc2)OCc2cc(CCC[Si](Cl)(Cl)Cl)ccc2O1. The smallest absolute Gasteiger partial charge is 0.341 e. The monoisotopic (exact) mass is 400 g/mol. The van der Waals surface area contributed by atoms with Crippen molar-refractivity contribution in [2.24, 2.45) is 0 Å². The van der Waals surface area contributed by atoms with Gasteiger partial charge in [0.1, 0.15) is 5.75 Å². The first-order valence-corrected chi connectivity index (χ1v) is 13.2. The van der Waals surface area contributed by atoms with Crippen LogP contribution in [0.4, 0.5) is 0 Å². The summed E-state index contributed by atoms with van der Waals surface area (Å²) >= 11 is 17.8. The van der Waals surface area contributed by atoms with E-state index in [0.717, 1.165) is 29.7 Å². The summed E-state index contributed by atoms with van der Waals surface area (Å²) in [5.41, 5.74) is 3.28. The van der Waals surface area contributed by atoms with Crippen LogP contribution in [0.5, 0.6) is 5.75 Å². The second-order valence-electron chi connectivity index (χ2n) is 6.11. The molecule has 3 rings (SSSR count). The molecule has 2 aromatic rings. The first-order valence-electron chi connectivity index (χ1n) is 7.93. The maximum absolute atomic E-state index is 6.14. The zero-order valence-corrected chi connectivity index (χ0v) is 16.7. The van der Waals surface area contributed by atoms with Gasteiger partial charge in [0.15, 0.2) is 0 Å². The number of fused-ring (bicyclic) bond motifs is 1. The molecule has 1 atom stereocenters. The van der Waals surface area contributed by atoms with E-state index in [9.17, 15) is 0 Å². The zero-order valence-electron chi connectivity index (χ0n) is 13.4. The molecule has 6 heteroatoms. The molecule has 2 aromatic carbocycles. The van der Waals surface area contributed by atoms with Crippen molar-refractivity contribution >= 4 is 39.2 Å². The molecule has 0 aliphatic carbocycles. The van der Waals surface area contributed by atoms with Gasteiger partial charge >= 0.3 is 6.00 Å². The minimum absolute atomic E-state index is 0.522. The van der Waals surface area contributed by atoms with Gasteiger partial charge in [0, 0.05) is 18.1 Å². The summed E-state index contributed by atoms with van der Waals surface area (Å²) in [5.74, 6) is 0.115. The normalized spacial score (nSPS) is 20.3. The number of rotatable bonds is 5. The van der Waals surface area contributed by atoms with Crippen LogP contribution in [-0.2, 0) is 23.6 Å². The highest BCUT2D eigenvalue weighted by atomic mass is 35.8. The molecule has 0 bridgehead atoms. The molecule has 2 nitrogen and oxygen atoms in total. The van der Waals surface area contributed by atoms with Crippen molar-refractivity contribution in [2.45, 2.75) is 38.2 Å². The van der Waals surface area contributed by atoms with Crippen LogP contribution in [0.15, 0.2) is 48.5 Å². The van der Waals surface area contributed by atoms with Crippen LogP contribution in [-0.4, -0.2) is 6.00 Å². The molecule has 0 fully saturated rings. The summed E-state index contributed by atoms with van der Waals surface area (Å²) in [6, 6.07) is 14.3. The predicted octanol–water partition coefficient (Wildman–Crippen LogP) is 6.06. The molecule has 0 aromatic heterocycles. The summed E-state index contributed by atoms with van der Waals surface area (Å²) in [6.45, 7) is 2.47. The lowest BCUT2D eigenvalue weighted by Gasteiger charge is -2.36. The molecule has 1 unspecified atom stereocenters. The standard InChI is InChI=1S/C18H19Cl3O2Si/c1-18(16-7-3-2-4-8-16)22-13-15-12-14(9-10-17(15)23-18)6-5-11-24(19,20)21/h2-4,7-10,12H,5-6,11,13H2,1H3. The van der Waals surface area contributed by atoms with E-state index in [0.29, 0.717) is 12.7 Å². The molecule has 0 saturated heterocycles. The fourth-order valence-corrected chi connectivity index (χ4v) is 4.61. The van der Waals surface area contributed by atoms with Crippen LogP contribution in [0.3, 0.4) is 0 Å². The van der Waals surface area contributed by atoms with E-state index in [4.69, 9.17) is 42.7 Å². The van der Waals surface area contributed by atoms with Gasteiger partial charge in [0.25, 0.3) is 0 Å². The minimum Gasteiger partial charge on any atom is -0.458 e. The highest BCUT2D eigenvalue weighted by Crippen LogP contribution is 2.38. The summed E-state index contributed by atoms with van der Waals surface area (Å²) in [4.78, 5) is 0. The average molecular weight is 402 g/mol. The highest BCUT2D eigenvalue weighted by molar-refractivity contribution is 7.64. The molecule has 0 radical (unpaired) electrons. The van der Waals surface area contributed by atoms with Gasteiger partial charge in [-0.2, -0.15) is 0 Å². The Morgan fingerprint density at radius 2 is 1.83 bits per heavy atom. The number of halogens is 3. The molecular formula is C18H19Cl3O2Si. The van der Waals surface area contributed by atoms with E-state index in [1.165, 1.54) is 5.56 Å². The fraction of sp³-hybridized carbons (Fsp3) is 0.333. The zero-order chi connectivity index (χ0) is 17.2. The molecule has 24 heavy (non-hydrogen) atoms. The van der Waals surface area contributed by atoms with E-state index >= 15 is 0 Å². The Balaban J connectivity index is 1.70. The Morgan fingerprint density at radius 1 is 1.08 bits per heavy atom. The number of hydrogen-bond donors (Lipinski definition) is 0. The van der Waals surface area contributed by atoms with E-state index < -0.39 is 11.8 Å². The molecule has 128 valence electrons. The van der Waals surface area contributed by atoms with Gasteiger partial charge in [-0.05, 0) is 36.6 Å². The number of aryl methyl sites for hydroxylation is 1. The van der Waals surface area contributed by atoms with Crippen LogP contribution < -0.4 is 4.74 Å². The first kappa shape index (κ1) is 18.1. The summed E-state index contributed by atoms with van der Waals surface area (Å²) in [5, 5.41) is 0. The fourth-order valence-electron chi connectivity index (χ4n) is 2.83. The van der Waals surface area contributed by atoms with Crippen molar-refractivity contribution in [1.29, 1.82) is 0 Å². The van der Waals surface area contributed by atoms with Crippen LogP contribution >= 0.6 is 33.2 Å². The summed E-state index contributed by atoms with van der Waals surface area (Å²) < 4.78 is 12.2. The van der Waals surface area contributed by atoms with Gasteiger partial charge in [0.2, 0.25) is 5.79 Å². The lowest BCUT2D eigenvalue weighted by molar-refractivity contribution is -0.201. The Labute approximate surface area is 157 Å². The van der Waals surface area contributed by atoms with Crippen LogP contribution in [0.1, 0.15) is 30.0 Å². The second-order valence-corrected chi connectivity index (χ2v) is 15.4. The van der Waals surface area contributed by atoms with Crippen molar-refractivity contribution in [1.82, 2.24) is 0 Å². The Hall–Kier alpha value is -0.713. The third-order valence-electron chi connectivity index (χ3n) is 4.16. The van der Waals surface area contributed by atoms with E-state index in [1.54, 1.807) is 0 Å². The number of benzene rings is 2. The number of hydrogen-bond acceptors (Lipinski definition) is 2. The van der Waals surface area contributed by atoms with Crippen LogP contribution in [0.25, 0.3) is 0 Å². The largest absolute Gasteiger partial charge is 0.458 e. The van der Waals surface area contributed by atoms with Gasteiger partial charge in [-0.1, -0.05) is 36.4 Å². The Bertz CT molecular complexity index is 703. The first-order chi connectivity index (χ1) is 11.4. The van der Waals surface area contributed by atoms with Crippen molar-refractivity contribution in [3.8, 4) is 5.75 Å². The lowest BCUT2D eigenvalue weighted by Crippen LogP contribution is -2.36. The van der Waals surface area contributed by atoms with Crippen molar-refractivity contribution in [3.63, 3.8) is 0 Å². The third-order valence-corrected chi connectivity index (χ3v) is 6.78. The molecular weight excluding hydrogens is 383 g/mol. The molecule has 0 spiro atoms. The van der Waals surface area contributed by atoms with Gasteiger partial charge in [0.05, 0.1) is 6.61 Å². The quantitative estimate of drug-likeness (QED) is 0.448. The summed E-state index contributed by atoms with van der Waals surface area (Å²) in [7, 11) is 0. The maximum Gasteiger partial charge on any atom is 0.341 e. The Morgan fingerprint density at radius 3 is 2.54 bits per heavy atom. The minimum atomic E-state index is -2.53. The average Bonchev–Trinajstić information content (AvgIpc) is 2.55. The molecule has 1 heterocycles. The summed E-state index contributed by atoms with van der Waals surface area (Å²) in [6.07, 6.45) is 1.77. The van der Waals surface area contributed by atoms with Gasteiger partial charge in [-0.15, -0.1) is 33.2 Å². The van der Waals surface area contributed by atoms with Gasteiger partial charge in [-0.25, -0.2) is 0 Å². The van der Waals surface area contributed by atoms with E-state index in [-0.39, 0.29) is 0 Å². The van der Waals surface area contributed by atoms with Crippen molar-refractivity contribution in [3.05, 3.63) is 65.2 Å². The molecule has 0 N–H and O–H groups in total. The lowest BCUT2D eigenvalue weighted by atomic mass is 10.0. The van der Waals surface area contributed by atoms with E-state index in [1.807, 2.05) is 43.3 Å². The van der Waals surface area contributed by atoms with E-state index in [2.05, 4.69) is 12.1 Å². The van der Waals surface area contributed by atoms with Gasteiger partial charge < -0.3 is 9.47 Å². The molecule has 0 amide bonds. The maximum atomic E-state index is 6.14. The third kappa shape index (κ3) is 4.47.